The monoisotopic (exact) mass is 253 g/mol. The van der Waals surface area contributed by atoms with Gasteiger partial charge < -0.3 is 20.2 Å². The first-order valence-corrected chi connectivity index (χ1v) is 6.09. The summed E-state index contributed by atoms with van der Waals surface area (Å²) in [5.41, 5.74) is 6.07. The number of carbonyl (C=O) groups is 1. The fraction of sp³-hybridized carbons (Fsp3) is 0.667. The summed E-state index contributed by atoms with van der Waals surface area (Å²) < 4.78 is 10.1. The second-order valence-corrected chi connectivity index (χ2v) is 4.83. The predicted octanol–water partition coefficient (Wildman–Crippen LogP) is 0.939. The minimum absolute atomic E-state index is 0.287. The van der Waals surface area contributed by atoms with Gasteiger partial charge in [0.25, 0.3) is 0 Å². The maximum absolute atomic E-state index is 11.8. The number of H-pyrrole nitrogens is 1. The van der Waals surface area contributed by atoms with Crippen molar-refractivity contribution in [3.8, 4) is 0 Å². The second-order valence-electron chi connectivity index (χ2n) is 4.83. The summed E-state index contributed by atoms with van der Waals surface area (Å²) in [4.78, 5) is 18.9. The van der Waals surface area contributed by atoms with Crippen molar-refractivity contribution in [2.75, 3.05) is 13.7 Å². The Balaban J connectivity index is 1.99. The third-order valence-electron chi connectivity index (χ3n) is 3.22. The highest BCUT2D eigenvalue weighted by Gasteiger charge is 2.37. The highest BCUT2D eigenvalue weighted by atomic mass is 16.6. The lowest BCUT2D eigenvalue weighted by Gasteiger charge is -2.35. The Morgan fingerprint density at radius 3 is 2.94 bits per heavy atom. The van der Waals surface area contributed by atoms with Crippen LogP contribution in [-0.2, 0) is 15.0 Å². The largest absolute Gasteiger partial charge is 0.456 e. The number of nitrogens with zero attached hydrogens (tertiary/aromatic N) is 1. The molecule has 0 bridgehead atoms. The van der Waals surface area contributed by atoms with E-state index >= 15 is 0 Å². The number of carbonyl (C=O) groups excluding carboxylic acids is 1. The minimum atomic E-state index is -0.429. The van der Waals surface area contributed by atoms with Crippen LogP contribution in [0, 0.1) is 0 Å². The average Bonchev–Trinajstić information content (AvgIpc) is 2.75. The fourth-order valence-corrected chi connectivity index (χ4v) is 1.99. The smallest absolute Gasteiger partial charge is 0.356 e. The van der Waals surface area contributed by atoms with E-state index in [4.69, 9.17) is 15.2 Å². The quantitative estimate of drug-likeness (QED) is 0.762. The van der Waals surface area contributed by atoms with Crippen LogP contribution in [0.4, 0.5) is 0 Å². The molecular formula is C12H19N3O3. The van der Waals surface area contributed by atoms with Crippen molar-refractivity contribution in [3.05, 3.63) is 17.7 Å². The lowest BCUT2D eigenvalue weighted by Crippen LogP contribution is -2.44. The van der Waals surface area contributed by atoms with Crippen LogP contribution < -0.4 is 5.73 Å². The Morgan fingerprint density at radius 1 is 1.67 bits per heavy atom. The molecule has 2 rings (SSSR count). The van der Waals surface area contributed by atoms with Gasteiger partial charge in [-0.15, -0.1) is 0 Å². The lowest BCUT2D eigenvalue weighted by molar-refractivity contribution is 0.0114. The van der Waals surface area contributed by atoms with Gasteiger partial charge in [-0.1, -0.05) is 0 Å². The Hall–Kier alpha value is -1.40. The van der Waals surface area contributed by atoms with Gasteiger partial charge in [0.05, 0.1) is 18.3 Å². The first-order valence-electron chi connectivity index (χ1n) is 6.09. The molecule has 1 unspecified atom stereocenters. The fourth-order valence-electron chi connectivity index (χ4n) is 1.99. The molecule has 1 fully saturated rings. The van der Waals surface area contributed by atoms with Crippen LogP contribution in [0.5, 0.6) is 0 Å². The standard InChI is InChI=1S/C12H19N3O3/c1-8(7-17-2)18-10(16)9-6-14-11(15-9)12(13)4-3-5-12/h6,8H,3-5,7,13H2,1-2H3,(H,14,15). The Bertz CT molecular complexity index is 426. The molecule has 1 atom stereocenters. The van der Waals surface area contributed by atoms with Gasteiger partial charge in [0.15, 0.2) is 0 Å². The maximum atomic E-state index is 11.8. The van der Waals surface area contributed by atoms with E-state index in [0.717, 1.165) is 19.3 Å². The SMILES string of the molecule is COCC(C)OC(=O)c1cnc(C2(N)CCC2)[nH]1. The van der Waals surface area contributed by atoms with Gasteiger partial charge in [0.2, 0.25) is 0 Å². The Morgan fingerprint density at radius 2 is 2.39 bits per heavy atom. The molecule has 1 saturated carbocycles. The molecule has 6 heteroatoms. The van der Waals surface area contributed by atoms with Gasteiger partial charge in [0.1, 0.15) is 17.6 Å². The topological polar surface area (TPSA) is 90.2 Å². The number of methoxy groups -OCH3 is 1. The highest BCUT2D eigenvalue weighted by molar-refractivity contribution is 5.87. The van der Waals surface area contributed by atoms with Gasteiger partial charge in [-0.05, 0) is 26.2 Å². The van der Waals surface area contributed by atoms with Crippen molar-refractivity contribution >= 4 is 5.97 Å². The van der Waals surface area contributed by atoms with Crippen LogP contribution in [0.15, 0.2) is 6.20 Å². The van der Waals surface area contributed by atoms with Gasteiger partial charge in [-0.3, -0.25) is 0 Å². The molecular weight excluding hydrogens is 234 g/mol. The number of esters is 1. The normalized spacial score (nSPS) is 19.1. The van der Waals surface area contributed by atoms with Gasteiger partial charge in [-0.25, -0.2) is 9.78 Å². The number of nitrogens with two attached hydrogens (primary N) is 1. The molecule has 0 radical (unpaired) electrons. The molecule has 1 aromatic heterocycles. The van der Waals surface area contributed by atoms with E-state index in [9.17, 15) is 4.79 Å². The van der Waals surface area contributed by atoms with E-state index in [-0.39, 0.29) is 6.10 Å². The van der Waals surface area contributed by atoms with Gasteiger partial charge >= 0.3 is 5.97 Å². The summed E-state index contributed by atoms with van der Waals surface area (Å²) in [5, 5.41) is 0. The van der Waals surface area contributed by atoms with Crippen LogP contribution in [0.3, 0.4) is 0 Å². The van der Waals surface area contributed by atoms with Gasteiger partial charge in [-0.2, -0.15) is 0 Å². The number of hydrogen-bond donors (Lipinski definition) is 2. The first-order chi connectivity index (χ1) is 8.55. The van der Waals surface area contributed by atoms with E-state index in [1.807, 2.05) is 0 Å². The van der Waals surface area contributed by atoms with E-state index in [1.165, 1.54) is 6.20 Å². The van der Waals surface area contributed by atoms with Crippen molar-refractivity contribution in [2.24, 2.45) is 5.73 Å². The van der Waals surface area contributed by atoms with Crippen LogP contribution >= 0.6 is 0 Å². The minimum Gasteiger partial charge on any atom is -0.456 e. The number of nitrogens with one attached hydrogen (secondary N) is 1. The lowest BCUT2D eigenvalue weighted by atomic mass is 9.77. The number of ether oxygens (including phenoxy) is 2. The van der Waals surface area contributed by atoms with Crippen LogP contribution in [0.2, 0.25) is 0 Å². The van der Waals surface area contributed by atoms with Crippen LogP contribution in [-0.4, -0.2) is 35.8 Å². The molecule has 1 aliphatic carbocycles. The number of hydrogen-bond acceptors (Lipinski definition) is 5. The molecule has 1 aromatic rings. The number of imidazole rings is 1. The zero-order chi connectivity index (χ0) is 13.2. The average molecular weight is 253 g/mol. The maximum Gasteiger partial charge on any atom is 0.356 e. The van der Waals surface area contributed by atoms with Crippen molar-refractivity contribution in [3.63, 3.8) is 0 Å². The predicted molar refractivity (Wildman–Crippen MR) is 65.1 cm³/mol. The van der Waals surface area contributed by atoms with Crippen molar-refractivity contribution in [2.45, 2.75) is 37.8 Å². The molecule has 0 aliphatic heterocycles. The summed E-state index contributed by atoms with van der Waals surface area (Å²) in [6.45, 7) is 2.14. The first kappa shape index (κ1) is 13.0. The van der Waals surface area contributed by atoms with Crippen LogP contribution in [0.1, 0.15) is 42.5 Å². The van der Waals surface area contributed by atoms with E-state index < -0.39 is 11.5 Å². The second kappa shape index (κ2) is 5.07. The molecule has 3 N–H and O–H groups in total. The third kappa shape index (κ3) is 2.54. The Kier molecular flexibility index (Phi) is 3.68. The summed E-state index contributed by atoms with van der Waals surface area (Å²) in [6, 6.07) is 0. The number of rotatable bonds is 5. The van der Waals surface area contributed by atoms with E-state index in [2.05, 4.69) is 9.97 Å². The molecule has 0 aromatic carbocycles. The molecule has 18 heavy (non-hydrogen) atoms. The zero-order valence-electron chi connectivity index (χ0n) is 10.7. The molecule has 0 spiro atoms. The summed E-state index contributed by atoms with van der Waals surface area (Å²) >= 11 is 0. The highest BCUT2D eigenvalue weighted by Crippen LogP contribution is 2.36. The van der Waals surface area contributed by atoms with Crippen molar-refractivity contribution < 1.29 is 14.3 Å². The van der Waals surface area contributed by atoms with Gasteiger partial charge in [0, 0.05) is 7.11 Å². The molecule has 6 nitrogen and oxygen atoms in total. The summed E-state index contributed by atoms with van der Waals surface area (Å²) in [5.74, 6) is 0.237. The number of aromatic amines is 1. The Labute approximate surface area is 106 Å². The van der Waals surface area contributed by atoms with Crippen molar-refractivity contribution in [1.82, 2.24) is 9.97 Å². The molecule has 1 heterocycles. The molecule has 0 amide bonds. The zero-order valence-corrected chi connectivity index (χ0v) is 10.7. The van der Waals surface area contributed by atoms with Crippen LogP contribution in [0.25, 0.3) is 0 Å². The summed E-state index contributed by atoms with van der Waals surface area (Å²) in [6.07, 6.45) is 4.08. The number of aromatic nitrogens is 2. The molecule has 1 aliphatic rings. The summed E-state index contributed by atoms with van der Waals surface area (Å²) in [7, 11) is 1.56. The van der Waals surface area contributed by atoms with E-state index in [0.29, 0.717) is 18.1 Å². The van der Waals surface area contributed by atoms with Crippen molar-refractivity contribution in [1.29, 1.82) is 0 Å². The molecule has 0 saturated heterocycles. The third-order valence-corrected chi connectivity index (χ3v) is 3.22. The van der Waals surface area contributed by atoms with E-state index in [1.54, 1.807) is 14.0 Å². The molecule has 100 valence electrons.